The van der Waals surface area contributed by atoms with Crippen LogP contribution < -0.4 is 4.90 Å². The summed E-state index contributed by atoms with van der Waals surface area (Å²) in [4.78, 5) is 16.7. The molecule has 12 heteroatoms. The van der Waals surface area contributed by atoms with Crippen molar-refractivity contribution in [2.45, 2.75) is 4.90 Å². The zero-order chi connectivity index (χ0) is 25.6. The van der Waals surface area contributed by atoms with Gasteiger partial charge in [0.15, 0.2) is 4.96 Å². The molecule has 0 atom stereocenters. The Morgan fingerprint density at radius 1 is 0.892 bits per heavy atom. The molecule has 4 heterocycles. The fourth-order valence-corrected chi connectivity index (χ4v) is 6.52. The van der Waals surface area contributed by atoms with E-state index in [0.717, 1.165) is 22.8 Å². The summed E-state index contributed by atoms with van der Waals surface area (Å²) in [7, 11) is -3.73. The Balaban J connectivity index is 1.28. The van der Waals surface area contributed by atoms with Crippen molar-refractivity contribution < 1.29 is 17.2 Å². The third kappa shape index (κ3) is 4.37. The topological polar surface area (TPSA) is 83.7 Å². The molecule has 1 fully saturated rings. The predicted molar refractivity (Wildman–Crippen MR) is 137 cm³/mol. The summed E-state index contributed by atoms with van der Waals surface area (Å²) < 4.78 is 56.5. The minimum Gasteiger partial charge on any atom is -0.338 e. The third-order valence-corrected chi connectivity index (χ3v) is 8.89. The molecule has 0 aliphatic carbocycles. The lowest BCUT2D eigenvalue weighted by atomic mass is 10.1. The molecule has 188 valence electrons. The zero-order valence-corrected chi connectivity index (χ0v) is 21.0. The van der Waals surface area contributed by atoms with Crippen molar-refractivity contribution in [3.05, 3.63) is 84.0 Å². The Labute approximate surface area is 215 Å². The minimum atomic E-state index is -3.73. The van der Waals surface area contributed by atoms with E-state index in [1.165, 1.54) is 39.9 Å². The molecule has 6 rings (SSSR count). The maximum absolute atomic E-state index is 14.0. The number of hydrogen-bond acceptors (Lipinski definition) is 7. The molecular weight excluding hydrogens is 518 g/mol. The number of nitrogens with zero attached hydrogens (tertiary/aromatic N) is 6. The van der Waals surface area contributed by atoms with Crippen molar-refractivity contribution >= 4 is 32.3 Å². The molecule has 8 nitrogen and oxygen atoms in total. The molecule has 0 saturated carbocycles. The van der Waals surface area contributed by atoms with Gasteiger partial charge >= 0.3 is 0 Å². The zero-order valence-electron chi connectivity index (χ0n) is 19.3. The largest absolute Gasteiger partial charge is 0.338 e. The summed E-state index contributed by atoms with van der Waals surface area (Å²) in [5.74, 6) is -0.373. The quantitative estimate of drug-likeness (QED) is 0.332. The minimum absolute atomic E-state index is 0.0611. The summed E-state index contributed by atoms with van der Waals surface area (Å²) in [5, 5.41) is 1.92. The van der Waals surface area contributed by atoms with E-state index in [4.69, 9.17) is 9.97 Å². The van der Waals surface area contributed by atoms with Gasteiger partial charge in [0, 0.05) is 49.5 Å². The first-order chi connectivity index (χ1) is 17.9. The summed E-state index contributed by atoms with van der Waals surface area (Å²) in [6, 6.07) is 12.9. The summed E-state index contributed by atoms with van der Waals surface area (Å²) in [6.45, 7) is 1.26. The maximum atomic E-state index is 14.0. The van der Waals surface area contributed by atoms with Gasteiger partial charge in [-0.3, -0.25) is 4.40 Å². The van der Waals surface area contributed by atoms with Crippen LogP contribution in [-0.2, 0) is 10.0 Å². The molecule has 1 aliphatic rings. The van der Waals surface area contributed by atoms with E-state index < -0.39 is 15.8 Å². The standard InChI is InChI=1S/C25H20F2N6O2S2/c26-18-4-6-20(7-5-18)37(34,35)32-12-10-31(11-13-32)24-28-9-8-21(29-24)23-22(17-2-1-3-19(27)16-17)30-25-33(23)14-15-36-25/h1-9,14-16H,10-13H2. The number of rotatable bonds is 5. The third-order valence-electron chi connectivity index (χ3n) is 6.22. The van der Waals surface area contributed by atoms with Crippen LogP contribution in [0.25, 0.3) is 27.6 Å². The number of thiazole rings is 1. The Morgan fingerprint density at radius 2 is 1.68 bits per heavy atom. The van der Waals surface area contributed by atoms with Gasteiger partial charge in [0.2, 0.25) is 16.0 Å². The fourth-order valence-electron chi connectivity index (χ4n) is 4.38. The van der Waals surface area contributed by atoms with Crippen LogP contribution in [0.3, 0.4) is 0 Å². The van der Waals surface area contributed by atoms with E-state index in [1.54, 1.807) is 18.3 Å². The van der Waals surface area contributed by atoms with E-state index >= 15 is 0 Å². The number of anilines is 1. The van der Waals surface area contributed by atoms with Crippen molar-refractivity contribution in [1.29, 1.82) is 0 Å². The molecule has 0 unspecified atom stereocenters. The molecule has 1 aliphatic heterocycles. The highest BCUT2D eigenvalue weighted by Crippen LogP contribution is 2.34. The second-order valence-electron chi connectivity index (χ2n) is 8.46. The average Bonchev–Trinajstić information content (AvgIpc) is 3.51. The Kier molecular flexibility index (Phi) is 5.94. The van der Waals surface area contributed by atoms with Gasteiger partial charge < -0.3 is 4.90 Å². The van der Waals surface area contributed by atoms with Crippen molar-refractivity contribution in [3.63, 3.8) is 0 Å². The van der Waals surface area contributed by atoms with Crippen LogP contribution in [0.1, 0.15) is 0 Å². The van der Waals surface area contributed by atoms with E-state index in [9.17, 15) is 17.2 Å². The lowest BCUT2D eigenvalue weighted by Gasteiger charge is -2.34. The van der Waals surface area contributed by atoms with Crippen LogP contribution in [0.4, 0.5) is 14.7 Å². The number of fused-ring (bicyclic) bond motifs is 1. The summed E-state index contributed by atoms with van der Waals surface area (Å²) >= 11 is 1.47. The smallest absolute Gasteiger partial charge is 0.243 e. The first-order valence-corrected chi connectivity index (χ1v) is 13.8. The van der Waals surface area contributed by atoms with Gasteiger partial charge in [0.05, 0.1) is 16.3 Å². The van der Waals surface area contributed by atoms with Gasteiger partial charge in [-0.2, -0.15) is 4.31 Å². The molecule has 0 radical (unpaired) electrons. The van der Waals surface area contributed by atoms with Crippen LogP contribution in [0.2, 0.25) is 0 Å². The van der Waals surface area contributed by atoms with Crippen LogP contribution in [0.15, 0.2) is 77.3 Å². The normalized spacial score (nSPS) is 14.9. The summed E-state index contributed by atoms with van der Waals surface area (Å²) in [6.07, 6.45) is 3.55. The lowest BCUT2D eigenvalue weighted by Crippen LogP contribution is -2.49. The number of imidazole rings is 1. The monoisotopic (exact) mass is 538 g/mol. The van der Waals surface area contributed by atoms with Crippen LogP contribution in [-0.4, -0.2) is 58.3 Å². The average molecular weight is 539 g/mol. The van der Waals surface area contributed by atoms with Gasteiger partial charge in [0.25, 0.3) is 0 Å². The summed E-state index contributed by atoms with van der Waals surface area (Å²) in [5.41, 5.74) is 2.61. The van der Waals surface area contributed by atoms with E-state index in [1.807, 2.05) is 26.9 Å². The van der Waals surface area contributed by atoms with Crippen LogP contribution in [0.5, 0.6) is 0 Å². The number of halogens is 2. The molecule has 2 aromatic carbocycles. The molecule has 0 N–H and O–H groups in total. The first kappa shape index (κ1) is 23.6. The molecule has 5 aromatic rings. The van der Waals surface area contributed by atoms with Gasteiger partial charge in [-0.1, -0.05) is 12.1 Å². The molecule has 0 spiro atoms. The molecule has 0 amide bonds. The number of piperazine rings is 1. The lowest BCUT2D eigenvalue weighted by molar-refractivity contribution is 0.382. The predicted octanol–water partition coefficient (Wildman–Crippen LogP) is 4.31. The number of hydrogen-bond donors (Lipinski definition) is 0. The Hall–Kier alpha value is -3.74. The highest BCUT2D eigenvalue weighted by atomic mass is 32.2. The number of sulfonamides is 1. The first-order valence-electron chi connectivity index (χ1n) is 11.5. The molecule has 37 heavy (non-hydrogen) atoms. The van der Waals surface area contributed by atoms with E-state index in [-0.39, 0.29) is 23.8 Å². The highest BCUT2D eigenvalue weighted by Gasteiger charge is 2.29. The van der Waals surface area contributed by atoms with Crippen LogP contribution >= 0.6 is 11.3 Å². The van der Waals surface area contributed by atoms with Crippen molar-refractivity contribution in [2.75, 3.05) is 31.1 Å². The van der Waals surface area contributed by atoms with Gasteiger partial charge in [-0.25, -0.2) is 32.2 Å². The van der Waals surface area contributed by atoms with Crippen LogP contribution in [0, 0.1) is 11.6 Å². The van der Waals surface area contributed by atoms with Gasteiger partial charge in [-0.05, 0) is 42.5 Å². The SMILES string of the molecule is O=S(=O)(c1ccc(F)cc1)N1CCN(c2nccc(-c3c(-c4cccc(F)c4)nc4sccn34)n2)CC1. The van der Waals surface area contributed by atoms with Crippen molar-refractivity contribution in [1.82, 2.24) is 23.7 Å². The number of aromatic nitrogens is 4. The molecule has 1 saturated heterocycles. The second kappa shape index (κ2) is 9.29. The maximum Gasteiger partial charge on any atom is 0.243 e. The second-order valence-corrected chi connectivity index (χ2v) is 11.3. The number of benzene rings is 2. The van der Waals surface area contributed by atoms with Gasteiger partial charge in [0.1, 0.15) is 17.3 Å². The molecule has 3 aromatic heterocycles. The Morgan fingerprint density at radius 3 is 2.43 bits per heavy atom. The fraction of sp³-hybridized carbons (Fsp3) is 0.160. The highest BCUT2D eigenvalue weighted by molar-refractivity contribution is 7.89. The van der Waals surface area contributed by atoms with Crippen molar-refractivity contribution in [3.8, 4) is 22.6 Å². The molecule has 0 bridgehead atoms. The Bertz CT molecular complexity index is 1690. The van der Waals surface area contributed by atoms with E-state index in [2.05, 4.69) is 4.98 Å². The van der Waals surface area contributed by atoms with E-state index in [0.29, 0.717) is 36.0 Å². The molecular formula is C25H20F2N6O2S2. The van der Waals surface area contributed by atoms with Gasteiger partial charge in [-0.15, -0.1) is 11.3 Å². The van der Waals surface area contributed by atoms with Crippen molar-refractivity contribution in [2.24, 2.45) is 0 Å².